The predicted octanol–water partition coefficient (Wildman–Crippen LogP) is 0.778. The van der Waals surface area contributed by atoms with Gasteiger partial charge in [-0.05, 0) is 56.2 Å². The summed E-state index contributed by atoms with van der Waals surface area (Å²) in [5, 5.41) is 19.9. The summed E-state index contributed by atoms with van der Waals surface area (Å²) in [5.41, 5.74) is 8.19. The summed E-state index contributed by atoms with van der Waals surface area (Å²) in [7, 11) is -4.27. The smallest absolute Gasteiger partial charge is 0.326 e. The molecule has 0 saturated carbocycles. The molecule has 5 N–H and O–H groups in total. The molecule has 2 aromatic rings. The lowest BCUT2D eigenvalue weighted by Gasteiger charge is -2.38. The van der Waals surface area contributed by atoms with Crippen LogP contribution in [0.3, 0.4) is 0 Å². The number of piperidine rings is 1. The molecular weight excluding hydrogens is 518 g/mol. The molecule has 2 heterocycles. The van der Waals surface area contributed by atoms with Crippen molar-refractivity contribution in [2.45, 2.75) is 56.5 Å². The van der Waals surface area contributed by atoms with Crippen LogP contribution in [0, 0.1) is 23.0 Å². The normalized spacial score (nSPS) is 19.2. The average molecular weight is 550 g/mol. The van der Waals surface area contributed by atoms with Gasteiger partial charge in [0.2, 0.25) is 15.9 Å². The number of likely N-dealkylation sites (tertiary alicyclic amines) is 1. The third-order valence-electron chi connectivity index (χ3n) is 6.27. The number of pyridine rings is 1. The Bertz CT molecular complexity index is 1350. The molecular formula is C23H31N7O7S. The highest BCUT2D eigenvalue weighted by molar-refractivity contribution is 7.89. The van der Waals surface area contributed by atoms with Crippen LogP contribution in [0.1, 0.15) is 38.2 Å². The van der Waals surface area contributed by atoms with Crippen molar-refractivity contribution >= 4 is 38.8 Å². The van der Waals surface area contributed by atoms with Crippen molar-refractivity contribution in [3.8, 4) is 0 Å². The zero-order valence-corrected chi connectivity index (χ0v) is 21.8. The Morgan fingerprint density at radius 1 is 1.39 bits per heavy atom. The lowest BCUT2D eigenvalue weighted by atomic mass is 9.91. The summed E-state index contributed by atoms with van der Waals surface area (Å²) in [4.78, 5) is 45.1. The van der Waals surface area contributed by atoms with Gasteiger partial charge in [0.25, 0.3) is 5.96 Å². The number of hydrogen-bond donors (Lipinski definition) is 4. The Labute approximate surface area is 219 Å². The van der Waals surface area contributed by atoms with Gasteiger partial charge in [0, 0.05) is 24.7 Å². The van der Waals surface area contributed by atoms with E-state index in [4.69, 9.17) is 5.73 Å². The number of nitrogens with one attached hydrogen (secondary N) is 2. The van der Waals surface area contributed by atoms with Crippen molar-refractivity contribution in [2.24, 2.45) is 16.6 Å². The van der Waals surface area contributed by atoms with Gasteiger partial charge in [0.1, 0.15) is 17.0 Å². The number of fused-ring (bicyclic) bond motifs is 1. The summed E-state index contributed by atoms with van der Waals surface area (Å²) in [6, 6.07) is 4.07. The van der Waals surface area contributed by atoms with E-state index in [2.05, 4.69) is 14.7 Å². The van der Waals surface area contributed by atoms with Crippen LogP contribution in [0.5, 0.6) is 0 Å². The van der Waals surface area contributed by atoms with Crippen molar-refractivity contribution in [1.82, 2.24) is 20.0 Å². The number of nitrogens with zero attached hydrogens (tertiary/aromatic N) is 4. The van der Waals surface area contributed by atoms with Crippen LogP contribution in [0.25, 0.3) is 10.9 Å². The fourth-order valence-electron chi connectivity index (χ4n) is 4.41. The van der Waals surface area contributed by atoms with Crippen LogP contribution in [-0.2, 0) is 19.6 Å². The Hall–Kier alpha value is -3.85. The number of para-hydroxylation sites is 1. The average Bonchev–Trinajstić information content (AvgIpc) is 2.84. The number of rotatable bonds is 10. The van der Waals surface area contributed by atoms with Gasteiger partial charge in [-0.25, -0.2) is 28.3 Å². The van der Waals surface area contributed by atoms with E-state index < -0.39 is 45.0 Å². The number of sulfonamides is 1. The molecule has 1 fully saturated rings. The number of carbonyl (C=O) groups excluding carboxylic acids is 1. The monoisotopic (exact) mass is 549 g/mol. The number of hydrogen-bond acceptors (Lipinski definition) is 8. The fourth-order valence-corrected chi connectivity index (χ4v) is 5.81. The number of carboxylic acid groups (broad SMARTS) is 1. The van der Waals surface area contributed by atoms with Crippen LogP contribution in [-0.4, -0.2) is 71.4 Å². The first-order valence-corrected chi connectivity index (χ1v) is 13.5. The van der Waals surface area contributed by atoms with Crippen molar-refractivity contribution in [1.29, 1.82) is 0 Å². The van der Waals surface area contributed by atoms with Gasteiger partial charge >= 0.3 is 5.97 Å². The SMILES string of the molecule is Cc1cnc2c(S(=O)(=O)N[C@H](CCCN=C(N)N[N+](=O)[O-])C(=O)N3CC[C@@H](C)C[C@@H]3C(=O)O)cccc2c1. The molecule has 0 radical (unpaired) electrons. The molecule has 15 heteroatoms. The second-order valence-corrected chi connectivity index (χ2v) is 11.0. The van der Waals surface area contributed by atoms with Gasteiger partial charge in [-0.2, -0.15) is 4.72 Å². The number of aliphatic carboxylic acids is 1. The molecule has 206 valence electrons. The number of aromatic nitrogens is 1. The molecule has 1 aromatic carbocycles. The van der Waals surface area contributed by atoms with E-state index in [9.17, 15) is 33.2 Å². The second kappa shape index (κ2) is 12.1. The lowest BCUT2D eigenvalue weighted by molar-refractivity contribution is -0.525. The van der Waals surface area contributed by atoms with Gasteiger partial charge in [-0.3, -0.25) is 9.78 Å². The summed E-state index contributed by atoms with van der Waals surface area (Å²) < 4.78 is 29.4. The number of aliphatic imine (C=N–C) groups is 1. The molecule has 3 atom stereocenters. The van der Waals surface area contributed by atoms with Crippen LogP contribution < -0.4 is 15.9 Å². The maximum Gasteiger partial charge on any atom is 0.326 e. The van der Waals surface area contributed by atoms with Crippen LogP contribution in [0.15, 0.2) is 40.4 Å². The minimum atomic E-state index is -4.27. The van der Waals surface area contributed by atoms with Crippen molar-refractivity contribution in [2.75, 3.05) is 13.1 Å². The highest BCUT2D eigenvalue weighted by Crippen LogP contribution is 2.26. The van der Waals surface area contributed by atoms with E-state index in [1.54, 1.807) is 23.6 Å². The minimum Gasteiger partial charge on any atom is -0.480 e. The Kier molecular flexibility index (Phi) is 9.17. The van der Waals surface area contributed by atoms with Crippen molar-refractivity contribution < 1.29 is 28.1 Å². The molecule has 1 amide bonds. The van der Waals surface area contributed by atoms with Gasteiger partial charge in [-0.1, -0.05) is 24.5 Å². The Balaban J connectivity index is 1.89. The molecule has 38 heavy (non-hydrogen) atoms. The lowest BCUT2D eigenvalue weighted by Crippen LogP contribution is -2.56. The summed E-state index contributed by atoms with van der Waals surface area (Å²) in [5.74, 6) is -2.18. The second-order valence-electron chi connectivity index (χ2n) is 9.31. The van der Waals surface area contributed by atoms with Crippen molar-refractivity contribution in [3.63, 3.8) is 0 Å². The van der Waals surface area contributed by atoms with E-state index in [1.165, 1.54) is 17.2 Å². The number of carbonyl (C=O) groups is 2. The first-order valence-electron chi connectivity index (χ1n) is 12.0. The van der Waals surface area contributed by atoms with E-state index in [-0.39, 0.29) is 48.7 Å². The van der Waals surface area contributed by atoms with E-state index >= 15 is 0 Å². The van der Waals surface area contributed by atoms with Crippen LogP contribution >= 0.6 is 0 Å². The number of amides is 1. The van der Waals surface area contributed by atoms with Gasteiger partial charge in [-0.15, -0.1) is 0 Å². The van der Waals surface area contributed by atoms with Gasteiger partial charge in [0.05, 0.1) is 5.52 Å². The van der Waals surface area contributed by atoms with Gasteiger partial charge in [0.15, 0.2) is 5.03 Å². The summed E-state index contributed by atoms with van der Waals surface area (Å²) >= 11 is 0. The molecule has 3 rings (SSSR count). The van der Waals surface area contributed by atoms with Crippen molar-refractivity contribution in [3.05, 3.63) is 46.1 Å². The predicted molar refractivity (Wildman–Crippen MR) is 138 cm³/mol. The molecule has 1 saturated heterocycles. The molecule has 0 aliphatic carbocycles. The number of benzene rings is 1. The zero-order chi connectivity index (χ0) is 28.0. The molecule has 0 unspecified atom stereocenters. The van der Waals surface area contributed by atoms with E-state index in [0.29, 0.717) is 11.8 Å². The minimum absolute atomic E-state index is 0.0350. The summed E-state index contributed by atoms with van der Waals surface area (Å²) in [6.07, 6.45) is 2.45. The molecule has 0 bridgehead atoms. The molecule has 14 nitrogen and oxygen atoms in total. The third kappa shape index (κ3) is 7.13. The zero-order valence-electron chi connectivity index (χ0n) is 21.0. The van der Waals surface area contributed by atoms with Gasteiger partial charge < -0.3 is 15.7 Å². The number of hydrazine groups is 1. The Morgan fingerprint density at radius 2 is 2.13 bits per heavy atom. The third-order valence-corrected chi connectivity index (χ3v) is 7.77. The quantitative estimate of drug-likeness (QED) is 0.107. The number of carboxylic acids is 1. The number of nitro groups is 1. The molecule has 1 aliphatic rings. The van der Waals surface area contributed by atoms with E-state index in [0.717, 1.165) is 5.56 Å². The largest absolute Gasteiger partial charge is 0.480 e. The van der Waals surface area contributed by atoms with Crippen LogP contribution in [0.4, 0.5) is 0 Å². The fraction of sp³-hybridized carbons (Fsp3) is 0.478. The first-order chi connectivity index (χ1) is 17.9. The maximum absolute atomic E-state index is 13.6. The van der Waals surface area contributed by atoms with Crippen LogP contribution in [0.2, 0.25) is 0 Å². The highest BCUT2D eigenvalue weighted by Gasteiger charge is 2.39. The Morgan fingerprint density at radius 3 is 2.82 bits per heavy atom. The molecule has 0 spiro atoms. The maximum atomic E-state index is 13.6. The number of guanidine groups is 1. The highest BCUT2D eigenvalue weighted by atomic mass is 32.2. The standard InChI is InChI=1S/C23H31N7O7S/c1-14-8-10-29(18(12-14)22(32)33)21(31)17(6-4-9-25-23(24)27-30(34)35)28-38(36,37)19-7-3-5-16-11-15(2)13-26-20(16)19/h3,5,7,11,13-14,17-18,28H,4,6,8-10,12H2,1-2H3,(H,32,33)(H3,24,25,27)/t14-,17-,18-/m1/s1. The topological polar surface area (TPSA) is 210 Å². The number of aryl methyl sites for hydroxylation is 1. The molecule has 1 aliphatic heterocycles. The van der Waals surface area contributed by atoms with E-state index in [1.807, 2.05) is 13.8 Å². The summed E-state index contributed by atoms with van der Waals surface area (Å²) in [6.45, 7) is 3.86. The number of nitrogens with two attached hydrogens (primary N) is 1. The first kappa shape index (κ1) is 28.7. The molecule has 1 aromatic heterocycles.